The first-order valence-corrected chi connectivity index (χ1v) is 8.24. The Kier molecular flexibility index (Phi) is 3.27. The summed E-state index contributed by atoms with van der Waals surface area (Å²) in [4.78, 5) is 14.8. The van der Waals surface area contributed by atoms with Crippen LogP contribution < -0.4 is 0 Å². The van der Waals surface area contributed by atoms with E-state index in [-0.39, 0.29) is 23.7 Å². The molecule has 2 atom stereocenters. The van der Waals surface area contributed by atoms with E-state index >= 15 is 0 Å². The van der Waals surface area contributed by atoms with Gasteiger partial charge in [-0.25, -0.2) is 0 Å². The molecular formula is C16H23N3O3. The Morgan fingerprint density at radius 1 is 1.32 bits per heavy atom. The maximum atomic E-state index is 12.8. The van der Waals surface area contributed by atoms with Crippen molar-refractivity contribution in [2.24, 2.45) is 0 Å². The maximum absolute atomic E-state index is 12.8. The van der Waals surface area contributed by atoms with Gasteiger partial charge in [0.2, 0.25) is 0 Å². The van der Waals surface area contributed by atoms with Gasteiger partial charge in [-0.15, -0.1) is 0 Å². The van der Waals surface area contributed by atoms with E-state index in [1.54, 1.807) is 0 Å². The Hall–Kier alpha value is -1.40. The number of hydrogen-bond acceptors (Lipinski definition) is 4. The van der Waals surface area contributed by atoms with Gasteiger partial charge in [0.1, 0.15) is 0 Å². The molecule has 1 aromatic rings. The molecule has 1 amide bonds. The van der Waals surface area contributed by atoms with E-state index in [1.807, 2.05) is 18.7 Å². The number of nitrogens with zero attached hydrogens (tertiary/aromatic N) is 2. The SMILES string of the molecule is C[C@@H]1Cc2c(C(=O)N3CCC4(CCO4)CC3)n[nH]c2[C@H](C)O1. The number of hydrogen-bond donors (Lipinski definition) is 1. The van der Waals surface area contributed by atoms with Crippen molar-refractivity contribution in [1.82, 2.24) is 15.1 Å². The lowest BCUT2D eigenvalue weighted by atomic mass is 9.84. The summed E-state index contributed by atoms with van der Waals surface area (Å²) in [5.74, 6) is 0.0490. The van der Waals surface area contributed by atoms with E-state index in [2.05, 4.69) is 10.2 Å². The van der Waals surface area contributed by atoms with Gasteiger partial charge < -0.3 is 14.4 Å². The van der Waals surface area contributed by atoms with Gasteiger partial charge >= 0.3 is 0 Å². The number of aromatic nitrogens is 2. The smallest absolute Gasteiger partial charge is 0.274 e. The lowest BCUT2D eigenvalue weighted by molar-refractivity contribution is -0.169. The predicted molar refractivity (Wildman–Crippen MR) is 79.7 cm³/mol. The molecule has 0 bridgehead atoms. The van der Waals surface area contributed by atoms with Crippen LogP contribution in [0.2, 0.25) is 0 Å². The van der Waals surface area contributed by atoms with Gasteiger partial charge in [0.05, 0.1) is 30.1 Å². The van der Waals surface area contributed by atoms with Crippen LogP contribution >= 0.6 is 0 Å². The fraction of sp³-hybridized carbons (Fsp3) is 0.750. The highest BCUT2D eigenvalue weighted by molar-refractivity contribution is 5.94. The second kappa shape index (κ2) is 5.06. The van der Waals surface area contributed by atoms with Gasteiger partial charge in [-0.2, -0.15) is 5.10 Å². The van der Waals surface area contributed by atoms with Gasteiger partial charge in [-0.1, -0.05) is 0 Å². The summed E-state index contributed by atoms with van der Waals surface area (Å²) in [6, 6.07) is 0. The molecule has 2 saturated heterocycles. The number of carbonyl (C=O) groups excluding carboxylic acids is 1. The van der Waals surface area contributed by atoms with Gasteiger partial charge in [-0.3, -0.25) is 9.89 Å². The van der Waals surface area contributed by atoms with Crippen LogP contribution in [0, 0.1) is 0 Å². The number of carbonyl (C=O) groups is 1. The molecule has 3 aliphatic rings. The van der Waals surface area contributed by atoms with Crippen molar-refractivity contribution in [1.29, 1.82) is 0 Å². The fourth-order valence-corrected chi connectivity index (χ4v) is 3.90. The Balaban J connectivity index is 1.52. The molecule has 4 heterocycles. The standard InChI is InChI=1S/C16H23N3O3/c1-10-9-12-13(11(2)22-10)17-18-14(12)15(20)19-6-3-16(4-7-19)5-8-21-16/h10-11H,3-9H2,1-2H3,(H,17,18)/t10-,11+/m1/s1. The van der Waals surface area contributed by atoms with Crippen LogP contribution in [0.25, 0.3) is 0 Å². The molecule has 1 aromatic heterocycles. The van der Waals surface area contributed by atoms with Crippen molar-refractivity contribution in [2.45, 2.75) is 57.3 Å². The molecule has 1 N–H and O–H groups in total. The van der Waals surface area contributed by atoms with Crippen LogP contribution in [0.1, 0.15) is 61.0 Å². The van der Waals surface area contributed by atoms with E-state index in [0.29, 0.717) is 5.69 Å². The normalized spacial score (nSPS) is 30.0. The van der Waals surface area contributed by atoms with E-state index in [4.69, 9.17) is 9.47 Å². The second-order valence-electron chi connectivity index (χ2n) is 6.83. The third-order valence-electron chi connectivity index (χ3n) is 5.36. The predicted octanol–water partition coefficient (Wildman–Crippen LogP) is 1.83. The van der Waals surface area contributed by atoms with Crippen LogP contribution in [-0.4, -0.2) is 52.4 Å². The van der Waals surface area contributed by atoms with Crippen molar-refractivity contribution < 1.29 is 14.3 Å². The number of likely N-dealkylation sites (tertiary alicyclic amines) is 1. The molecule has 1 spiro atoms. The Labute approximate surface area is 130 Å². The zero-order valence-electron chi connectivity index (χ0n) is 13.2. The number of ether oxygens (including phenoxy) is 2. The third-order valence-corrected chi connectivity index (χ3v) is 5.36. The van der Waals surface area contributed by atoms with Crippen LogP contribution in [-0.2, 0) is 15.9 Å². The van der Waals surface area contributed by atoms with Crippen molar-refractivity contribution >= 4 is 5.91 Å². The summed E-state index contributed by atoms with van der Waals surface area (Å²) in [5.41, 5.74) is 2.65. The van der Waals surface area contributed by atoms with Gasteiger partial charge in [0.15, 0.2) is 5.69 Å². The van der Waals surface area contributed by atoms with Crippen molar-refractivity contribution in [2.75, 3.05) is 19.7 Å². The largest absolute Gasteiger partial charge is 0.375 e. The van der Waals surface area contributed by atoms with E-state index in [0.717, 1.165) is 56.6 Å². The Morgan fingerprint density at radius 2 is 2.05 bits per heavy atom. The van der Waals surface area contributed by atoms with Gasteiger partial charge in [-0.05, 0) is 33.1 Å². The highest BCUT2D eigenvalue weighted by Gasteiger charge is 2.42. The third kappa shape index (κ3) is 2.16. The molecule has 0 radical (unpaired) electrons. The average Bonchev–Trinajstić information content (AvgIpc) is 2.89. The molecule has 3 aliphatic heterocycles. The maximum Gasteiger partial charge on any atom is 0.274 e. The first kappa shape index (κ1) is 14.2. The summed E-state index contributed by atoms with van der Waals surface area (Å²) < 4.78 is 11.5. The molecule has 22 heavy (non-hydrogen) atoms. The number of aromatic amines is 1. The molecule has 4 rings (SSSR count). The monoisotopic (exact) mass is 305 g/mol. The summed E-state index contributed by atoms with van der Waals surface area (Å²) in [6.45, 7) is 6.44. The van der Waals surface area contributed by atoms with E-state index in [9.17, 15) is 4.79 Å². The van der Waals surface area contributed by atoms with Crippen molar-refractivity contribution in [3.63, 3.8) is 0 Å². The second-order valence-corrected chi connectivity index (χ2v) is 6.83. The van der Waals surface area contributed by atoms with Crippen molar-refractivity contribution in [3.8, 4) is 0 Å². The summed E-state index contributed by atoms with van der Waals surface area (Å²) in [5, 5.41) is 7.31. The number of amides is 1. The highest BCUT2D eigenvalue weighted by Crippen LogP contribution is 2.37. The number of nitrogens with one attached hydrogen (secondary N) is 1. The molecule has 120 valence electrons. The molecule has 0 saturated carbocycles. The van der Waals surface area contributed by atoms with Crippen LogP contribution in [0.5, 0.6) is 0 Å². The molecule has 2 fully saturated rings. The highest BCUT2D eigenvalue weighted by atomic mass is 16.5. The summed E-state index contributed by atoms with van der Waals surface area (Å²) in [6.07, 6.45) is 3.88. The van der Waals surface area contributed by atoms with Crippen molar-refractivity contribution in [3.05, 3.63) is 17.0 Å². The molecule has 0 aromatic carbocycles. The molecule has 0 aliphatic carbocycles. The Morgan fingerprint density at radius 3 is 2.68 bits per heavy atom. The van der Waals surface area contributed by atoms with Gasteiger partial charge in [0.25, 0.3) is 5.91 Å². The molecule has 0 unspecified atom stereocenters. The summed E-state index contributed by atoms with van der Waals surface area (Å²) >= 11 is 0. The molecular weight excluding hydrogens is 282 g/mol. The van der Waals surface area contributed by atoms with E-state index < -0.39 is 0 Å². The fourth-order valence-electron chi connectivity index (χ4n) is 3.90. The summed E-state index contributed by atoms with van der Waals surface area (Å²) in [7, 11) is 0. The number of fused-ring (bicyclic) bond motifs is 1. The van der Waals surface area contributed by atoms with Gasteiger partial charge in [0, 0.05) is 25.1 Å². The minimum absolute atomic E-state index is 0.0270. The number of piperidine rings is 1. The van der Waals surface area contributed by atoms with E-state index in [1.165, 1.54) is 0 Å². The quantitative estimate of drug-likeness (QED) is 0.859. The lowest BCUT2D eigenvalue weighted by Crippen LogP contribution is -2.53. The number of rotatable bonds is 1. The topological polar surface area (TPSA) is 67.5 Å². The van der Waals surface area contributed by atoms with Crippen LogP contribution in [0.15, 0.2) is 0 Å². The first-order chi connectivity index (χ1) is 10.6. The average molecular weight is 305 g/mol. The molecule has 6 heteroatoms. The Bertz CT molecular complexity index is 583. The lowest BCUT2D eigenvalue weighted by Gasteiger charge is -2.47. The zero-order valence-corrected chi connectivity index (χ0v) is 13.2. The van der Waals surface area contributed by atoms with Crippen LogP contribution in [0.4, 0.5) is 0 Å². The minimum Gasteiger partial charge on any atom is -0.375 e. The number of H-pyrrole nitrogens is 1. The van der Waals surface area contributed by atoms with Crippen LogP contribution in [0.3, 0.4) is 0 Å². The zero-order chi connectivity index (χ0) is 15.3. The minimum atomic E-state index is -0.0270. The molecule has 6 nitrogen and oxygen atoms in total. The first-order valence-electron chi connectivity index (χ1n) is 8.24.